The summed E-state index contributed by atoms with van der Waals surface area (Å²) < 4.78 is 0. The van der Waals surface area contributed by atoms with Gasteiger partial charge in [0.05, 0.1) is 24.0 Å². The van der Waals surface area contributed by atoms with E-state index in [9.17, 15) is 0 Å². The van der Waals surface area contributed by atoms with Gasteiger partial charge in [-0.15, -0.1) is 0 Å². The predicted octanol–water partition coefficient (Wildman–Crippen LogP) is 5.49. The fourth-order valence-corrected chi connectivity index (χ4v) is 4.05. The molecule has 5 nitrogen and oxygen atoms in total. The highest BCUT2D eigenvalue weighted by molar-refractivity contribution is 6.31. The van der Waals surface area contributed by atoms with Crippen LogP contribution in [0.3, 0.4) is 0 Å². The average Bonchev–Trinajstić information content (AvgIpc) is 3.44. The molecule has 3 heterocycles. The van der Waals surface area contributed by atoms with Gasteiger partial charge in [-0.05, 0) is 54.8 Å². The normalized spacial score (nSPS) is 13.9. The molecular weight excluding hydrogens is 382 g/mol. The van der Waals surface area contributed by atoms with E-state index in [0.29, 0.717) is 11.6 Å². The second-order valence-electron chi connectivity index (χ2n) is 7.36. The number of aromatic amines is 1. The molecule has 0 bridgehead atoms. The van der Waals surface area contributed by atoms with Gasteiger partial charge in [-0.25, -0.2) is 4.98 Å². The number of hydrogen-bond acceptors (Lipinski definition) is 4. The van der Waals surface area contributed by atoms with E-state index in [4.69, 9.17) is 11.6 Å². The second kappa shape index (κ2) is 7.76. The molecule has 6 heteroatoms. The number of hydrogen-bond donors (Lipinski definition) is 2. The van der Waals surface area contributed by atoms with Crippen molar-refractivity contribution >= 4 is 33.9 Å². The maximum Gasteiger partial charge on any atom is 0.125 e. The number of fused-ring (bicyclic) bond motifs is 1. The Hall–Kier alpha value is -3.05. The summed E-state index contributed by atoms with van der Waals surface area (Å²) >= 11 is 6.07. The van der Waals surface area contributed by atoms with Crippen LogP contribution in [0.4, 0.5) is 11.4 Å². The summed E-state index contributed by atoms with van der Waals surface area (Å²) in [6, 6.07) is 16.4. The largest absolute Gasteiger partial charge is 0.377 e. The van der Waals surface area contributed by atoms with Crippen molar-refractivity contribution in [2.45, 2.75) is 19.4 Å². The van der Waals surface area contributed by atoms with Gasteiger partial charge in [-0.2, -0.15) is 0 Å². The standard InChI is InChI=1S/C23H22ClN5/c24-17-5-8-19-20(9-10-25-21(19)13-17)26-15-23-27-14-22(28-23)16-3-6-18(7-4-16)29-11-1-2-12-29/h3-10,13-14H,1-2,11-12,15H2,(H,25,26)(H,27,28). The lowest BCUT2D eigenvalue weighted by Gasteiger charge is -2.17. The summed E-state index contributed by atoms with van der Waals surface area (Å²) in [6.45, 7) is 2.93. The van der Waals surface area contributed by atoms with E-state index >= 15 is 0 Å². The van der Waals surface area contributed by atoms with E-state index in [1.807, 2.05) is 30.5 Å². The van der Waals surface area contributed by atoms with Crippen molar-refractivity contribution in [2.24, 2.45) is 0 Å². The monoisotopic (exact) mass is 403 g/mol. The van der Waals surface area contributed by atoms with Gasteiger partial charge < -0.3 is 15.2 Å². The summed E-state index contributed by atoms with van der Waals surface area (Å²) in [7, 11) is 0. The lowest BCUT2D eigenvalue weighted by molar-refractivity contribution is 0.949. The lowest BCUT2D eigenvalue weighted by Crippen LogP contribution is -2.17. The molecule has 0 aliphatic carbocycles. The first-order chi connectivity index (χ1) is 14.3. The first-order valence-corrected chi connectivity index (χ1v) is 10.3. The minimum atomic E-state index is 0.605. The molecule has 5 rings (SSSR count). The van der Waals surface area contributed by atoms with E-state index in [1.165, 1.54) is 18.5 Å². The Balaban J connectivity index is 1.29. The number of imidazole rings is 1. The number of nitrogens with one attached hydrogen (secondary N) is 2. The van der Waals surface area contributed by atoms with Crippen LogP contribution in [0.15, 0.2) is 60.9 Å². The van der Waals surface area contributed by atoms with Crippen molar-refractivity contribution in [3.8, 4) is 11.3 Å². The molecule has 0 unspecified atom stereocenters. The molecule has 1 aliphatic heterocycles. The number of anilines is 2. The lowest BCUT2D eigenvalue weighted by atomic mass is 10.1. The molecule has 0 saturated carbocycles. The first-order valence-electron chi connectivity index (χ1n) is 9.94. The Bertz CT molecular complexity index is 1130. The van der Waals surface area contributed by atoms with Gasteiger partial charge in [0.25, 0.3) is 0 Å². The minimum Gasteiger partial charge on any atom is -0.377 e. The van der Waals surface area contributed by atoms with Gasteiger partial charge >= 0.3 is 0 Å². The van der Waals surface area contributed by atoms with Gasteiger partial charge in [0, 0.05) is 41.1 Å². The molecule has 0 atom stereocenters. The summed E-state index contributed by atoms with van der Waals surface area (Å²) in [5.41, 5.74) is 5.37. The number of nitrogens with zero attached hydrogens (tertiary/aromatic N) is 3. The molecule has 0 radical (unpaired) electrons. The minimum absolute atomic E-state index is 0.605. The Kier molecular flexibility index (Phi) is 4.82. The Labute approximate surface area is 174 Å². The van der Waals surface area contributed by atoms with Crippen LogP contribution in [-0.2, 0) is 6.54 Å². The summed E-state index contributed by atoms with van der Waals surface area (Å²) in [5, 5.41) is 5.18. The van der Waals surface area contributed by atoms with E-state index in [2.05, 4.69) is 49.4 Å². The van der Waals surface area contributed by atoms with E-state index in [-0.39, 0.29) is 0 Å². The van der Waals surface area contributed by atoms with Crippen LogP contribution in [0.2, 0.25) is 5.02 Å². The molecule has 146 valence electrons. The van der Waals surface area contributed by atoms with Crippen molar-refractivity contribution in [3.05, 3.63) is 71.8 Å². The van der Waals surface area contributed by atoms with Crippen LogP contribution in [0.25, 0.3) is 22.2 Å². The van der Waals surface area contributed by atoms with Gasteiger partial charge in [-0.1, -0.05) is 23.7 Å². The predicted molar refractivity (Wildman–Crippen MR) is 120 cm³/mol. The number of benzene rings is 2. The van der Waals surface area contributed by atoms with Crippen molar-refractivity contribution in [2.75, 3.05) is 23.3 Å². The van der Waals surface area contributed by atoms with Gasteiger partial charge in [0.1, 0.15) is 5.82 Å². The van der Waals surface area contributed by atoms with E-state index in [0.717, 1.165) is 46.8 Å². The van der Waals surface area contributed by atoms with Crippen molar-refractivity contribution in [3.63, 3.8) is 0 Å². The quantitative estimate of drug-likeness (QED) is 0.462. The van der Waals surface area contributed by atoms with Crippen LogP contribution in [0.5, 0.6) is 0 Å². The molecule has 1 fully saturated rings. The molecular formula is C23H22ClN5. The second-order valence-corrected chi connectivity index (χ2v) is 7.79. The third kappa shape index (κ3) is 3.78. The Morgan fingerprint density at radius 2 is 1.83 bits per heavy atom. The Morgan fingerprint density at radius 3 is 2.66 bits per heavy atom. The summed E-state index contributed by atoms with van der Waals surface area (Å²) in [5.74, 6) is 0.891. The van der Waals surface area contributed by atoms with Crippen molar-refractivity contribution < 1.29 is 0 Å². The number of rotatable bonds is 5. The fourth-order valence-electron chi connectivity index (χ4n) is 3.88. The van der Waals surface area contributed by atoms with Crippen LogP contribution in [0.1, 0.15) is 18.7 Å². The van der Waals surface area contributed by atoms with Crippen LogP contribution >= 0.6 is 11.6 Å². The topological polar surface area (TPSA) is 56.8 Å². The number of aromatic nitrogens is 3. The van der Waals surface area contributed by atoms with Crippen LogP contribution in [0, 0.1) is 0 Å². The molecule has 0 amide bonds. The van der Waals surface area contributed by atoms with Gasteiger partial charge in [0.2, 0.25) is 0 Å². The maximum atomic E-state index is 6.07. The highest BCUT2D eigenvalue weighted by Crippen LogP contribution is 2.26. The maximum absolute atomic E-state index is 6.07. The molecule has 2 N–H and O–H groups in total. The zero-order valence-electron chi connectivity index (χ0n) is 16.0. The third-order valence-corrected chi connectivity index (χ3v) is 5.66. The molecule has 0 spiro atoms. The molecule has 1 saturated heterocycles. The smallest absolute Gasteiger partial charge is 0.125 e. The van der Waals surface area contributed by atoms with Gasteiger partial charge in [-0.3, -0.25) is 4.98 Å². The molecule has 29 heavy (non-hydrogen) atoms. The molecule has 2 aromatic carbocycles. The SMILES string of the molecule is Clc1ccc2c(NCc3ncc(-c4ccc(N5CCCC5)cc4)[nH]3)ccnc2c1. The first kappa shape index (κ1) is 18.0. The van der Waals surface area contributed by atoms with Crippen LogP contribution in [-0.4, -0.2) is 28.0 Å². The Morgan fingerprint density at radius 1 is 1.00 bits per heavy atom. The molecule has 1 aliphatic rings. The average molecular weight is 404 g/mol. The molecule has 4 aromatic rings. The van der Waals surface area contributed by atoms with Gasteiger partial charge in [0.15, 0.2) is 0 Å². The van der Waals surface area contributed by atoms with Crippen LogP contribution < -0.4 is 10.2 Å². The van der Waals surface area contributed by atoms with Crippen molar-refractivity contribution in [1.29, 1.82) is 0 Å². The highest BCUT2D eigenvalue weighted by Gasteiger charge is 2.12. The van der Waals surface area contributed by atoms with E-state index in [1.54, 1.807) is 6.20 Å². The highest BCUT2D eigenvalue weighted by atomic mass is 35.5. The number of halogens is 1. The zero-order chi connectivity index (χ0) is 19.6. The summed E-state index contributed by atoms with van der Waals surface area (Å²) in [4.78, 5) is 14.8. The number of pyridine rings is 1. The fraction of sp³-hybridized carbons (Fsp3) is 0.217. The zero-order valence-corrected chi connectivity index (χ0v) is 16.8. The third-order valence-electron chi connectivity index (χ3n) is 5.43. The van der Waals surface area contributed by atoms with Crippen molar-refractivity contribution in [1.82, 2.24) is 15.0 Å². The van der Waals surface area contributed by atoms with E-state index < -0.39 is 0 Å². The number of H-pyrrole nitrogens is 1. The summed E-state index contributed by atoms with van der Waals surface area (Å²) in [6.07, 6.45) is 6.26. The molecule has 2 aromatic heterocycles.